The SMILES string of the molecule is Cc1ccc(Sc2ccc3nn(CC(=O)Nc4cccc(Cl)c4)c(=O)n3n2)cc1. The lowest BCUT2D eigenvalue weighted by Gasteiger charge is -2.04. The maximum Gasteiger partial charge on any atom is 0.367 e. The van der Waals surface area contributed by atoms with E-state index in [0.717, 1.165) is 9.58 Å². The van der Waals surface area contributed by atoms with Crippen LogP contribution in [0.25, 0.3) is 5.65 Å². The van der Waals surface area contributed by atoms with E-state index in [9.17, 15) is 9.59 Å². The topological polar surface area (TPSA) is 81.3 Å². The predicted octanol–water partition coefficient (Wildman–Crippen LogP) is 3.64. The van der Waals surface area contributed by atoms with Gasteiger partial charge in [0.15, 0.2) is 5.65 Å². The third kappa shape index (κ3) is 4.49. The van der Waals surface area contributed by atoms with E-state index in [1.165, 1.54) is 21.8 Å². The summed E-state index contributed by atoms with van der Waals surface area (Å²) in [4.78, 5) is 25.9. The number of halogens is 1. The Bertz CT molecular complexity index is 1250. The van der Waals surface area contributed by atoms with Crippen molar-refractivity contribution < 1.29 is 4.79 Å². The standard InChI is InChI=1S/C20H16ClN5O2S/c1-13-5-7-16(8-6-13)29-19-10-9-17-23-25(20(28)26(17)24-19)12-18(27)22-15-4-2-3-14(21)11-15/h2-11H,12H2,1H3,(H,22,27). The van der Waals surface area contributed by atoms with Crippen LogP contribution in [0.15, 0.2) is 75.4 Å². The largest absolute Gasteiger partial charge is 0.367 e. The number of nitrogens with one attached hydrogen (secondary N) is 1. The highest BCUT2D eigenvalue weighted by molar-refractivity contribution is 7.99. The Morgan fingerprint density at radius 1 is 1.10 bits per heavy atom. The van der Waals surface area contributed by atoms with Gasteiger partial charge in [-0.15, -0.1) is 5.10 Å². The molecule has 1 amide bonds. The van der Waals surface area contributed by atoms with Crippen LogP contribution in [0.2, 0.25) is 5.02 Å². The van der Waals surface area contributed by atoms with Gasteiger partial charge in [0.25, 0.3) is 0 Å². The Labute approximate surface area is 175 Å². The number of anilines is 1. The fourth-order valence-corrected chi connectivity index (χ4v) is 3.64. The van der Waals surface area contributed by atoms with Crippen LogP contribution >= 0.6 is 23.4 Å². The van der Waals surface area contributed by atoms with Crippen molar-refractivity contribution in [2.24, 2.45) is 0 Å². The summed E-state index contributed by atoms with van der Waals surface area (Å²) in [6.45, 7) is 1.80. The number of carbonyl (C=O) groups is 1. The first-order chi connectivity index (χ1) is 14.0. The molecule has 2 aromatic carbocycles. The van der Waals surface area contributed by atoms with Gasteiger partial charge in [-0.1, -0.05) is 47.1 Å². The van der Waals surface area contributed by atoms with Crippen LogP contribution < -0.4 is 11.0 Å². The van der Waals surface area contributed by atoms with Gasteiger partial charge < -0.3 is 5.32 Å². The van der Waals surface area contributed by atoms with E-state index in [1.54, 1.807) is 36.4 Å². The third-order valence-electron chi connectivity index (χ3n) is 4.06. The summed E-state index contributed by atoms with van der Waals surface area (Å²) in [5, 5.41) is 12.4. The molecule has 4 rings (SSSR count). The van der Waals surface area contributed by atoms with Crippen LogP contribution in [0.1, 0.15) is 5.56 Å². The Morgan fingerprint density at radius 3 is 2.66 bits per heavy atom. The molecule has 9 heteroatoms. The van der Waals surface area contributed by atoms with E-state index < -0.39 is 5.69 Å². The minimum atomic E-state index is -0.479. The highest BCUT2D eigenvalue weighted by atomic mass is 35.5. The van der Waals surface area contributed by atoms with Crippen LogP contribution in [0, 0.1) is 6.92 Å². The van der Waals surface area contributed by atoms with Crippen molar-refractivity contribution in [1.29, 1.82) is 0 Å². The van der Waals surface area contributed by atoms with Crippen molar-refractivity contribution >= 4 is 40.6 Å². The first-order valence-corrected chi connectivity index (χ1v) is 9.94. The lowest BCUT2D eigenvalue weighted by molar-refractivity contribution is -0.117. The van der Waals surface area contributed by atoms with Crippen molar-refractivity contribution in [3.8, 4) is 0 Å². The molecule has 29 heavy (non-hydrogen) atoms. The van der Waals surface area contributed by atoms with E-state index in [0.29, 0.717) is 21.4 Å². The van der Waals surface area contributed by atoms with E-state index >= 15 is 0 Å². The van der Waals surface area contributed by atoms with Gasteiger partial charge in [-0.3, -0.25) is 4.79 Å². The van der Waals surface area contributed by atoms with Gasteiger partial charge in [0.1, 0.15) is 11.6 Å². The molecule has 0 saturated carbocycles. The summed E-state index contributed by atoms with van der Waals surface area (Å²) < 4.78 is 2.28. The number of fused-ring (bicyclic) bond motifs is 1. The predicted molar refractivity (Wildman–Crippen MR) is 113 cm³/mol. The van der Waals surface area contributed by atoms with Gasteiger partial charge in [0, 0.05) is 15.6 Å². The van der Waals surface area contributed by atoms with Crippen molar-refractivity contribution in [2.75, 3.05) is 5.32 Å². The molecular formula is C20H16ClN5O2S. The quantitative estimate of drug-likeness (QED) is 0.528. The van der Waals surface area contributed by atoms with Gasteiger partial charge in [-0.25, -0.2) is 9.48 Å². The molecule has 1 N–H and O–H groups in total. The van der Waals surface area contributed by atoms with Crippen LogP contribution in [0.5, 0.6) is 0 Å². The first-order valence-electron chi connectivity index (χ1n) is 8.75. The average Bonchev–Trinajstić information content (AvgIpc) is 2.99. The van der Waals surface area contributed by atoms with Gasteiger partial charge in [-0.2, -0.15) is 9.61 Å². The van der Waals surface area contributed by atoms with E-state index in [1.807, 2.05) is 31.2 Å². The molecule has 0 saturated heterocycles. The molecule has 0 radical (unpaired) electrons. The molecule has 0 aliphatic heterocycles. The molecule has 0 fully saturated rings. The number of benzene rings is 2. The summed E-state index contributed by atoms with van der Waals surface area (Å²) in [6.07, 6.45) is 0. The number of hydrogen-bond donors (Lipinski definition) is 1. The molecule has 146 valence electrons. The van der Waals surface area contributed by atoms with E-state index in [2.05, 4.69) is 15.5 Å². The number of aromatic nitrogens is 4. The Balaban J connectivity index is 1.53. The lowest BCUT2D eigenvalue weighted by Crippen LogP contribution is -2.28. The summed E-state index contributed by atoms with van der Waals surface area (Å²) in [6, 6.07) is 18.3. The summed E-state index contributed by atoms with van der Waals surface area (Å²) in [5.74, 6) is -0.382. The lowest BCUT2D eigenvalue weighted by atomic mass is 10.2. The minimum Gasteiger partial charge on any atom is -0.324 e. The monoisotopic (exact) mass is 425 g/mol. The molecule has 0 aliphatic carbocycles. The molecule has 0 aliphatic rings. The molecule has 0 spiro atoms. The molecule has 7 nitrogen and oxygen atoms in total. The van der Waals surface area contributed by atoms with Gasteiger partial charge in [-0.05, 0) is 49.4 Å². The molecular weight excluding hydrogens is 410 g/mol. The second kappa shape index (κ2) is 8.10. The summed E-state index contributed by atoms with van der Waals surface area (Å²) in [5.41, 5.74) is 1.62. The highest BCUT2D eigenvalue weighted by Crippen LogP contribution is 2.25. The number of hydrogen-bond acceptors (Lipinski definition) is 5. The molecule has 0 unspecified atom stereocenters. The van der Waals surface area contributed by atoms with Crippen molar-refractivity contribution in [2.45, 2.75) is 23.4 Å². The van der Waals surface area contributed by atoms with Gasteiger partial charge in [0.2, 0.25) is 5.91 Å². The van der Waals surface area contributed by atoms with Crippen molar-refractivity contribution in [3.05, 3.63) is 81.7 Å². The third-order valence-corrected chi connectivity index (χ3v) is 5.23. The number of carbonyl (C=O) groups excluding carboxylic acids is 1. The first kappa shape index (κ1) is 19.2. The summed E-state index contributed by atoms with van der Waals surface area (Å²) >= 11 is 7.36. The van der Waals surface area contributed by atoms with Crippen LogP contribution in [0.4, 0.5) is 5.69 Å². The number of nitrogens with zero attached hydrogens (tertiary/aromatic N) is 4. The average molecular weight is 426 g/mol. The fraction of sp³-hybridized carbons (Fsp3) is 0.100. The van der Waals surface area contributed by atoms with Crippen LogP contribution in [-0.2, 0) is 11.3 Å². The molecule has 4 aromatic rings. The zero-order valence-corrected chi connectivity index (χ0v) is 16.9. The minimum absolute atomic E-state index is 0.227. The molecule has 2 aromatic heterocycles. The van der Waals surface area contributed by atoms with Crippen LogP contribution in [0.3, 0.4) is 0 Å². The maximum absolute atomic E-state index is 12.6. The second-order valence-electron chi connectivity index (χ2n) is 6.36. The van der Waals surface area contributed by atoms with E-state index in [4.69, 9.17) is 11.6 Å². The zero-order valence-electron chi connectivity index (χ0n) is 15.4. The molecule has 0 atom stereocenters. The number of aryl methyl sites for hydroxylation is 1. The van der Waals surface area contributed by atoms with Crippen LogP contribution in [-0.4, -0.2) is 25.3 Å². The maximum atomic E-state index is 12.6. The van der Waals surface area contributed by atoms with Gasteiger partial charge in [0.05, 0.1) is 0 Å². The molecule has 2 heterocycles. The van der Waals surface area contributed by atoms with Crippen molar-refractivity contribution in [3.63, 3.8) is 0 Å². The fourth-order valence-electron chi connectivity index (χ4n) is 2.68. The van der Waals surface area contributed by atoms with Gasteiger partial charge >= 0.3 is 5.69 Å². The normalized spacial score (nSPS) is 11.0. The summed E-state index contributed by atoms with van der Waals surface area (Å²) in [7, 11) is 0. The van der Waals surface area contributed by atoms with Crippen molar-refractivity contribution in [1.82, 2.24) is 19.4 Å². The smallest absolute Gasteiger partial charge is 0.324 e. The highest BCUT2D eigenvalue weighted by Gasteiger charge is 2.13. The Hall–Kier alpha value is -3.10. The Kier molecular flexibility index (Phi) is 5.37. The second-order valence-corrected chi connectivity index (χ2v) is 7.89. The number of rotatable bonds is 5. The molecule has 0 bridgehead atoms. The van der Waals surface area contributed by atoms with E-state index in [-0.39, 0.29) is 12.5 Å². The Morgan fingerprint density at radius 2 is 1.90 bits per heavy atom. The number of amides is 1. The zero-order chi connectivity index (χ0) is 20.4.